The molecule has 0 bridgehead atoms. The summed E-state index contributed by atoms with van der Waals surface area (Å²) < 4.78 is 33.8. The molecule has 1 aliphatic heterocycles. The topological polar surface area (TPSA) is 64.4 Å². The number of imidazole rings is 1. The maximum atomic E-state index is 12.6. The zero-order valence-electron chi connectivity index (χ0n) is 12.3. The molecule has 0 unspecified atom stereocenters. The van der Waals surface area contributed by atoms with Gasteiger partial charge in [0.25, 0.3) is 0 Å². The van der Waals surface area contributed by atoms with Gasteiger partial charge in [-0.1, -0.05) is 0 Å². The normalized spacial score (nSPS) is 22.2. The fraction of sp³-hybridized carbons (Fsp3) is 0.769. The van der Waals surface area contributed by atoms with Crippen LogP contribution >= 0.6 is 0 Å². The molecule has 1 saturated heterocycles. The van der Waals surface area contributed by atoms with Crippen molar-refractivity contribution in [1.82, 2.24) is 13.9 Å². The summed E-state index contributed by atoms with van der Waals surface area (Å²) in [4.78, 5) is 4.19. The van der Waals surface area contributed by atoms with E-state index in [1.54, 1.807) is 17.4 Å². The minimum atomic E-state index is -3.29. The summed E-state index contributed by atoms with van der Waals surface area (Å²) in [5.41, 5.74) is 0. The van der Waals surface area contributed by atoms with Crippen molar-refractivity contribution in [2.45, 2.75) is 44.5 Å². The maximum Gasteiger partial charge on any atom is 0.219 e. The van der Waals surface area contributed by atoms with E-state index in [0.29, 0.717) is 13.1 Å². The Morgan fingerprint density at radius 3 is 2.90 bits per heavy atom. The molecule has 20 heavy (non-hydrogen) atoms. The molecule has 0 amide bonds. The van der Waals surface area contributed by atoms with Crippen molar-refractivity contribution >= 4 is 10.0 Å². The molecule has 0 aliphatic carbocycles. The van der Waals surface area contributed by atoms with Gasteiger partial charge in [0, 0.05) is 38.6 Å². The molecule has 1 aromatic heterocycles. The second-order valence-corrected chi connectivity index (χ2v) is 7.65. The zero-order chi connectivity index (χ0) is 14.8. The largest absolute Gasteiger partial charge is 0.383 e. The molecule has 0 spiro atoms. The number of rotatable bonds is 6. The number of aromatic nitrogens is 2. The van der Waals surface area contributed by atoms with Crippen molar-refractivity contribution in [2.75, 3.05) is 20.3 Å². The number of hydrogen-bond acceptors (Lipinski definition) is 4. The minimum absolute atomic E-state index is 0.0206. The Morgan fingerprint density at radius 1 is 1.55 bits per heavy atom. The summed E-state index contributed by atoms with van der Waals surface area (Å²) in [6.45, 7) is 5.15. The van der Waals surface area contributed by atoms with E-state index in [1.165, 1.54) is 7.11 Å². The van der Waals surface area contributed by atoms with E-state index in [1.807, 2.05) is 17.7 Å². The van der Waals surface area contributed by atoms with E-state index in [2.05, 4.69) is 4.98 Å². The molecule has 1 aromatic rings. The lowest BCUT2D eigenvalue weighted by atomic mass is 10.2. The third kappa shape index (κ3) is 3.05. The Bertz CT molecular complexity index is 541. The first-order valence-electron chi connectivity index (χ1n) is 6.94. The highest BCUT2D eigenvalue weighted by atomic mass is 32.2. The highest BCUT2D eigenvalue weighted by Crippen LogP contribution is 2.25. The van der Waals surface area contributed by atoms with Crippen molar-refractivity contribution in [2.24, 2.45) is 0 Å². The van der Waals surface area contributed by atoms with Gasteiger partial charge in [0.1, 0.15) is 5.82 Å². The number of methoxy groups -OCH3 is 1. The van der Waals surface area contributed by atoms with Gasteiger partial charge in [-0.15, -0.1) is 0 Å². The molecule has 1 aliphatic rings. The van der Waals surface area contributed by atoms with Crippen LogP contribution in [-0.2, 0) is 21.3 Å². The van der Waals surface area contributed by atoms with Gasteiger partial charge in [-0.2, -0.15) is 4.31 Å². The average Bonchev–Trinajstić information content (AvgIpc) is 3.00. The zero-order valence-corrected chi connectivity index (χ0v) is 13.1. The minimum Gasteiger partial charge on any atom is -0.383 e. The first-order valence-corrected chi connectivity index (χ1v) is 8.44. The van der Waals surface area contributed by atoms with Gasteiger partial charge in [0.15, 0.2) is 0 Å². The molecule has 2 atom stereocenters. The highest BCUT2D eigenvalue weighted by molar-refractivity contribution is 7.89. The van der Waals surface area contributed by atoms with E-state index < -0.39 is 15.3 Å². The second kappa shape index (κ2) is 6.24. The van der Waals surface area contributed by atoms with Crippen LogP contribution in [0.15, 0.2) is 12.4 Å². The molecule has 0 saturated carbocycles. The summed E-state index contributed by atoms with van der Waals surface area (Å²) in [7, 11) is -1.76. The van der Waals surface area contributed by atoms with Crippen LogP contribution in [0.3, 0.4) is 0 Å². The predicted octanol–water partition coefficient (Wildman–Crippen LogP) is 1.02. The van der Waals surface area contributed by atoms with E-state index in [4.69, 9.17) is 4.74 Å². The van der Waals surface area contributed by atoms with Crippen LogP contribution in [-0.4, -0.2) is 53.8 Å². The van der Waals surface area contributed by atoms with Crippen LogP contribution in [0.2, 0.25) is 0 Å². The standard InChI is InChI=1S/C13H23N3O3S/c1-11(10-19-3)20(17,18)16-7-4-5-13(16)9-15-8-6-14-12(15)2/h6,8,11,13H,4-5,7,9-10H2,1-3H3/t11-,13-/m0/s1. The lowest BCUT2D eigenvalue weighted by molar-refractivity contribution is 0.197. The van der Waals surface area contributed by atoms with Crippen LogP contribution in [0.5, 0.6) is 0 Å². The van der Waals surface area contributed by atoms with Crippen LogP contribution < -0.4 is 0 Å². The Labute approximate surface area is 120 Å². The van der Waals surface area contributed by atoms with Crippen molar-refractivity contribution in [3.05, 3.63) is 18.2 Å². The van der Waals surface area contributed by atoms with Crippen LogP contribution in [0, 0.1) is 6.92 Å². The monoisotopic (exact) mass is 301 g/mol. The molecule has 0 radical (unpaired) electrons. The SMILES string of the molecule is COC[C@H](C)S(=O)(=O)N1CCC[C@H]1Cn1ccnc1C. The second-order valence-electron chi connectivity index (χ2n) is 5.34. The molecule has 114 valence electrons. The molecule has 2 heterocycles. The number of hydrogen-bond donors (Lipinski definition) is 0. The first-order chi connectivity index (χ1) is 9.46. The molecule has 7 heteroatoms. The third-order valence-electron chi connectivity index (χ3n) is 3.89. The molecule has 2 rings (SSSR count). The van der Waals surface area contributed by atoms with Crippen molar-refractivity contribution in [3.63, 3.8) is 0 Å². The number of nitrogens with zero attached hydrogens (tertiary/aromatic N) is 3. The Hall–Kier alpha value is -0.920. The Kier molecular flexibility index (Phi) is 4.82. The van der Waals surface area contributed by atoms with Gasteiger partial charge < -0.3 is 9.30 Å². The van der Waals surface area contributed by atoms with Crippen LogP contribution in [0.25, 0.3) is 0 Å². The molecule has 0 aromatic carbocycles. The summed E-state index contributed by atoms with van der Waals surface area (Å²) in [5, 5.41) is -0.503. The molecular weight excluding hydrogens is 278 g/mol. The lowest BCUT2D eigenvalue weighted by Crippen LogP contribution is -2.43. The smallest absolute Gasteiger partial charge is 0.219 e. The molecule has 1 fully saturated rings. The van der Waals surface area contributed by atoms with Gasteiger partial charge in [-0.05, 0) is 26.7 Å². The lowest BCUT2D eigenvalue weighted by Gasteiger charge is -2.27. The molecular formula is C13H23N3O3S. The summed E-state index contributed by atoms with van der Waals surface area (Å²) in [6, 6.07) is 0.0206. The van der Waals surface area contributed by atoms with Crippen LogP contribution in [0.1, 0.15) is 25.6 Å². The Morgan fingerprint density at radius 2 is 2.30 bits per heavy atom. The molecule has 0 N–H and O–H groups in total. The average molecular weight is 301 g/mol. The fourth-order valence-electron chi connectivity index (χ4n) is 2.70. The van der Waals surface area contributed by atoms with Crippen molar-refractivity contribution in [1.29, 1.82) is 0 Å². The highest BCUT2D eigenvalue weighted by Gasteiger charge is 2.37. The van der Waals surface area contributed by atoms with Crippen molar-refractivity contribution < 1.29 is 13.2 Å². The summed E-state index contributed by atoms with van der Waals surface area (Å²) in [6.07, 6.45) is 5.46. The van der Waals surface area contributed by atoms with Gasteiger partial charge in [-0.25, -0.2) is 13.4 Å². The summed E-state index contributed by atoms with van der Waals surface area (Å²) >= 11 is 0. The fourth-order valence-corrected chi connectivity index (χ4v) is 4.44. The van der Waals surface area contributed by atoms with E-state index in [9.17, 15) is 8.42 Å². The van der Waals surface area contributed by atoms with Gasteiger partial charge in [0.05, 0.1) is 11.9 Å². The number of ether oxygens (including phenoxy) is 1. The van der Waals surface area contributed by atoms with E-state index >= 15 is 0 Å². The van der Waals surface area contributed by atoms with Crippen molar-refractivity contribution in [3.8, 4) is 0 Å². The summed E-state index contributed by atoms with van der Waals surface area (Å²) in [5.74, 6) is 0.916. The van der Waals surface area contributed by atoms with E-state index in [0.717, 1.165) is 18.7 Å². The van der Waals surface area contributed by atoms with Gasteiger partial charge in [-0.3, -0.25) is 0 Å². The van der Waals surface area contributed by atoms with E-state index in [-0.39, 0.29) is 12.6 Å². The van der Waals surface area contributed by atoms with Gasteiger partial charge in [0.2, 0.25) is 10.0 Å². The number of aryl methyl sites for hydroxylation is 1. The third-order valence-corrected chi connectivity index (χ3v) is 6.18. The number of sulfonamides is 1. The quantitative estimate of drug-likeness (QED) is 0.787. The van der Waals surface area contributed by atoms with Gasteiger partial charge >= 0.3 is 0 Å². The predicted molar refractivity (Wildman–Crippen MR) is 76.9 cm³/mol. The maximum absolute atomic E-state index is 12.6. The first kappa shape index (κ1) is 15.5. The van der Waals surface area contributed by atoms with Crippen LogP contribution in [0.4, 0.5) is 0 Å². The Balaban J connectivity index is 2.13. The molecule has 6 nitrogen and oxygen atoms in total.